The highest BCUT2D eigenvalue weighted by Crippen LogP contribution is 2.07. The van der Waals surface area contributed by atoms with Gasteiger partial charge in [0.1, 0.15) is 5.82 Å². The van der Waals surface area contributed by atoms with E-state index in [1.165, 1.54) is 12.1 Å². The molecule has 144 valence electrons. The van der Waals surface area contributed by atoms with Crippen LogP contribution in [0.2, 0.25) is 0 Å². The van der Waals surface area contributed by atoms with Crippen LogP contribution in [0.15, 0.2) is 24.3 Å². The first kappa shape index (κ1) is 20.3. The molecule has 1 aliphatic rings. The van der Waals surface area contributed by atoms with Crippen molar-refractivity contribution < 1.29 is 14.0 Å². The SMILES string of the molecule is CC(C)NC(=O)CN1CCN(CC(=O)N(C)Cc2ccc(F)cc2)CC1. The third-order valence-electron chi connectivity index (χ3n) is 4.40. The Bertz CT molecular complexity index is 598. The molecule has 1 aromatic carbocycles. The average molecular weight is 364 g/mol. The maximum absolute atomic E-state index is 12.9. The third kappa shape index (κ3) is 6.72. The second-order valence-electron chi connectivity index (χ2n) is 7.15. The first-order valence-electron chi connectivity index (χ1n) is 9.06. The van der Waals surface area contributed by atoms with E-state index in [2.05, 4.69) is 15.1 Å². The Morgan fingerprint density at radius 1 is 1.08 bits per heavy atom. The Morgan fingerprint density at radius 3 is 2.15 bits per heavy atom. The van der Waals surface area contributed by atoms with E-state index in [4.69, 9.17) is 0 Å². The van der Waals surface area contributed by atoms with Crippen LogP contribution in [-0.4, -0.2) is 78.9 Å². The zero-order valence-corrected chi connectivity index (χ0v) is 15.9. The molecule has 7 heteroatoms. The summed E-state index contributed by atoms with van der Waals surface area (Å²) in [6.45, 7) is 8.23. The average Bonchev–Trinajstić information content (AvgIpc) is 2.58. The highest BCUT2D eigenvalue weighted by molar-refractivity contribution is 5.78. The molecule has 0 atom stereocenters. The molecule has 1 saturated heterocycles. The second kappa shape index (κ2) is 9.64. The predicted molar refractivity (Wildman–Crippen MR) is 99.0 cm³/mol. The molecule has 2 amide bonds. The van der Waals surface area contributed by atoms with Crippen molar-refractivity contribution in [3.63, 3.8) is 0 Å². The summed E-state index contributed by atoms with van der Waals surface area (Å²) in [7, 11) is 1.76. The van der Waals surface area contributed by atoms with Gasteiger partial charge >= 0.3 is 0 Å². The Balaban J connectivity index is 1.71. The topological polar surface area (TPSA) is 55.9 Å². The van der Waals surface area contributed by atoms with Gasteiger partial charge in [0.15, 0.2) is 0 Å². The monoisotopic (exact) mass is 364 g/mol. The maximum Gasteiger partial charge on any atom is 0.236 e. The standard InChI is InChI=1S/C19H29FN4O2/c1-15(2)21-18(25)13-23-8-10-24(11-9-23)14-19(26)22(3)12-16-4-6-17(20)7-5-16/h4-7,15H,8-14H2,1-3H3,(H,21,25). The minimum atomic E-state index is -0.275. The molecule has 1 heterocycles. The molecular weight excluding hydrogens is 335 g/mol. The Kier molecular flexibility index (Phi) is 7.53. The first-order valence-corrected chi connectivity index (χ1v) is 9.06. The molecule has 0 unspecified atom stereocenters. The molecule has 0 radical (unpaired) electrons. The fraction of sp³-hybridized carbons (Fsp3) is 0.579. The van der Waals surface area contributed by atoms with Crippen molar-refractivity contribution in [1.29, 1.82) is 0 Å². The van der Waals surface area contributed by atoms with Crippen LogP contribution in [0.4, 0.5) is 4.39 Å². The fourth-order valence-corrected chi connectivity index (χ4v) is 2.94. The summed E-state index contributed by atoms with van der Waals surface area (Å²) < 4.78 is 12.9. The van der Waals surface area contributed by atoms with Crippen molar-refractivity contribution in [3.8, 4) is 0 Å². The van der Waals surface area contributed by atoms with E-state index in [0.717, 1.165) is 31.7 Å². The van der Waals surface area contributed by atoms with Gasteiger partial charge in [-0.25, -0.2) is 4.39 Å². The normalized spacial score (nSPS) is 15.9. The fourth-order valence-electron chi connectivity index (χ4n) is 2.94. The largest absolute Gasteiger partial charge is 0.353 e. The smallest absolute Gasteiger partial charge is 0.236 e. The van der Waals surface area contributed by atoms with Crippen LogP contribution in [0.5, 0.6) is 0 Å². The van der Waals surface area contributed by atoms with Gasteiger partial charge in [0.05, 0.1) is 13.1 Å². The minimum absolute atomic E-state index is 0.0420. The van der Waals surface area contributed by atoms with Crippen molar-refractivity contribution >= 4 is 11.8 Å². The zero-order valence-electron chi connectivity index (χ0n) is 15.9. The summed E-state index contributed by atoms with van der Waals surface area (Å²) in [4.78, 5) is 30.1. The molecule has 0 saturated carbocycles. The number of halogens is 1. The molecule has 0 bridgehead atoms. The maximum atomic E-state index is 12.9. The number of benzene rings is 1. The van der Waals surface area contributed by atoms with E-state index in [1.807, 2.05) is 13.8 Å². The number of nitrogens with one attached hydrogen (secondary N) is 1. The van der Waals surface area contributed by atoms with E-state index in [1.54, 1.807) is 24.1 Å². The van der Waals surface area contributed by atoms with Gasteiger partial charge in [-0.1, -0.05) is 12.1 Å². The van der Waals surface area contributed by atoms with Crippen molar-refractivity contribution in [2.24, 2.45) is 0 Å². The molecule has 0 aromatic heterocycles. The van der Waals surface area contributed by atoms with Gasteiger partial charge in [-0.15, -0.1) is 0 Å². The van der Waals surface area contributed by atoms with Gasteiger partial charge in [0, 0.05) is 45.8 Å². The summed E-state index contributed by atoms with van der Waals surface area (Å²) in [5, 5.41) is 2.90. The summed E-state index contributed by atoms with van der Waals surface area (Å²) in [6, 6.07) is 6.35. The Hall–Kier alpha value is -1.99. The van der Waals surface area contributed by atoms with Crippen LogP contribution >= 0.6 is 0 Å². The number of hydrogen-bond donors (Lipinski definition) is 1. The lowest BCUT2D eigenvalue weighted by Crippen LogP contribution is -2.52. The van der Waals surface area contributed by atoms with E-state index in [-0.39, 0.29) is 23.7 Å². The molecular formula is C19H29FN4O2. The van der Waals surface area contributed by atoms with Crippen LogP contribution in [0.25, 0.3) is 0 Å². The number of nitrogens with zero attached hydrogens (tertiary/aromatic N) is 3. The second-order valence-corrected chi connectivity index (χ2v) is 7.15. The molecule has 2 rings (SSSR count). The van der Waals surface area contributed by atoms with Gasteiger partial charge in [-0.3, -0.25) is 19.4 Å². The van der Waals surface area contributed by atoms with Gasteiger partial charge in [-0.2, -0.15) is 0 Å². The van der Waals surface area contributed by atoms with Crippen LogP contribution in [0.3, 0.4) is 0 Å². The van der Waals surface area contributed by atoms with Gasteiger partial charge in [0.2, 0.25) is 11.8 Å². The molecule has 6 nitrogen and oxygen atoms in total. The number of carbonyl (C=O) groups is 2. The third-order valence-corrected chi connectivity index (χ3v) is 4.40. The molecule has 0 aliphatic carbocycles. The number of carbonyl (C=O) groups excluding carboxylic acids is 2. The molecule has 1 N–H and O–H groups in total. The van der Waals surface area contributed by atoms with Crippen LogP contribution in [0.1, 0.15) is 19.4 Å². The van der Waals surface area contributed by atoms with Crippen LogP contribution in [-0.2, 0) is 16.1 Å². The number of rotatable bonds is 7. The summed E-state index contributed by atoms with van der Waals surface area (Å²) in [5.41, 5.74) is 0.906. The molecule has 1 aliphatic heterocycles. The molecule has 26 heavy (non-hydrogen) atoms. The lowest BCUT2D eigenvalue weighted by molar-refractivity contribution is -0.132. The van der Waals surface area contributed by atoms with Crippen molar-refractivity contribution in [2.45, 2.75) is 26.4 Å². The van der Waals surface area contributed by atoms with E-state index in [9.17, 15) is 14.0 Å². The molecule has 0 spiro atoms. The van der Waals surface area contributed by atoms with E-state index < -0.39 is 0 Å². The number of amides is 2. The molecule has 1 fully saturated rings. The van der Waals surface area contributed by atoms with Crippen molar-refractivity contribution in [3.05, 3.63) is 35.6 Å². The van der Waals surface area contributed by atoms with Gasteiger partial charge in [0.25, 0.3) is 0 Å². The minimum Gasteiger partial charge on any atom is -0.353 e. The highest BCUT2D eigenvalue weighted by Gasteiger charge is 2.22. The predicted octanol–water partition coefficient (Wildman–Crippen LogP) is 0.926. The molecule has 1 aromatic rings. The quantitative estimate of drug-likeness (QED) is 0.782. The van der Waals surface area contributed by atoms with E-state index in [0.29, 0.717) is 19.6 Å². The highest BCUT2D eigenvalue weighted by atomic mass is 19.1. The first-order chi connectivity index (χ1) is 12.3. The number of likely N-dealkylation sites (N-methyl/N-ethyl adjacent to an activating group) is 1. The number of hydrogen-bond acceptors (Lipinski definition) is 4. The van der Waals surface area contributed by atoms with Gasteiger partial charge in [-0.05, 0) is 31.5 Å². The van der Waals surface area contributed by atoms with Crippen LogP contribution in [0, 0.1) is 5.82 Å². The Morgan fingerprint density at radius 2 is 1.62 bits per heavy atom. The summed E-state index contributed by atoms with van der Waals surface area (Å²) in [5.74, 6) is -0.188. The number of piperazine rings is 1. The van der Waals surface area contributed by atoms with Crippen molar-refractivity contribution in [2.75, 3.05) is 46.3 Å². The lowest BCUT2D eigenvalue weighted by Gasteiger charge is -2.34. The van der Waals surface area contributed by atoms with Gasteiger partial charge < -0.3 is 10.2 Å². The van der Waals surface area contributed by atoms with Crippen LogP contribution < -0.4 is 5.32 Å². The lowest BCUT2D eigenvalue weighted by atomic mass is 10.2. The zero-order chi connectivity index (χ0) is 19.1. The summed E-state index contributed by atoms with van der Waals surface area (Å²) in [6.07, 6.45) is 0. The van der Waals surface area contributed by atoms with E-state index >= 15 is 0 Å². The summed E-state index contributed by atoms with van der Waals surface area (Å²) >= 11 is 0. The Labute approximate surface area is 154 Å². The van der Waals surface area contributed by atoms with Crippen molar-refractivity contribution in [1.82, 2.24) is 20.0 Å².